The average Bonchev–Trinajstić information content (AvgIpc) is 2.64. The molecular weight excluding hydrogens is 224 g/mol. The Balaban J connectivity index is 2.37. The van der Waals surface area contributed by atoms with Gasteiger partial charge in [0.05, 0.1) is 0 Å². The Bertz CT molecular complexity index is 279. The maximum Gasteiger partial charge on any atom is 0.419 e. The summed E-state index contributed by atoms with van der Waals surface area (Å²) in [5, 5.41) is 19.6. The number of anilines is 1. The van der Waals surface area contributed by atoms with E-state index in [0.29, 0.717) is 10.9 Å². The third-order valence-corrected chi connectivity index (χ3v) is 2.74. The maximum absolute atomic E-state index is 10.7. The summed E-state index contributed by atoms with van der Waals surface area (Å²) in [7, 11) is 0. The molecule has 0 aliphatic rings. The lowest BCUT2D eigenvalue weighted by molar-refractivity contribution is 0.177. The highest BCUT2D eigenvalue weighted by Gasteiger charge is 2.11. The molecule has 78 valence electrons. The summed E-state index contributed by atoms with van der Waals surface area (Å²) in [4.78, 5) is 10.7. The van der Waals surface area contributed by atoms with E-state index in [1.54, 1.807) is 5.51 Å². The molecule has 0 unspecified atom stereocenters. The molecule has 0 aliphatic carbocycles. The van der Waals surface area contributed by atoms with Crippen LogP contribution in [0.3, 0.4) is 0 Å². The SMILES string of the molecule is CCSN(CNc1nncs1)C(=O)O. The number of aromatic nitrogens is 2. The summed E-state index contributed by atoms with van der Waals surface area (Å²) in [5.74, 6) is 0.712. The molecule has 0 saturated carbocycles. The van der Waals surface area contributed by atoms with Gasteiger partial charge in [-0.3, -0.25) is 0 Å². The molecular formula is C6H10N4O2S2. The number of nitrogens with zero attached hydrogens (tertiary/aromatic N) is 3. The number of amides is 1. The van der Waals surface area contributed by atoms with E-state index in [1.165, 1.54) is 27.6 Å². The molecule has 0 saturated heterocycles. The molecule has 0 bridgehead atoms. The number of hydrogen-bond acceptors (Lipinski definition) is 6. The molecule has 1 aromatic rings. The normalized spacial score (nSPS) is 9.79. The molecule has 6 nitrogen and oxygen atoms in total. The molecule has 0 radical (unpaired) electrons. The lowest BCUT2D eigenvalue weighted by atomic mass is 10.9. The van der Waals surface area contributed by atoms with Crippen LogP contribution in [0.1, 0.15) is 6.92 Å². The van der Waals surface area contributed by atoms with E-state index in [-0.39, 0.29) is 6.67 Å². The van der Waals surface area contributed by atoms with Crippen LogP contribution in [-0.2, 0) is 0 Å². The fraction of sp³-hybridized carbons (Fsp3) is 0.500. The standard InChI is InChI=1S/C6H10N4O2S2/c1-2-14-10(6(11)12)3-7-5-9-8-4-13-5/h4H,2-3H2,1H3,(H,7,9)(H,11,12). The third kappa shape index (κ3) is 3.38. The second kappa shape index (κ2) is 5.66. The van der Waals surface area contributed by atoms with Gasteiger partial charge in [0, 0.05) is 5.75 Å². The molecule has 0 spiro atoms. The van der Waals surface area contributed by atoms with Crippen molar-refractivity contribution in [2.45, 2.75) is 6.92 Å². The van der Waals surface area contributed by atoms with Crippen molar-refractivity contribution in [1.29, 1.82) is 0 Å². The average molecular weight is 234 g/mol. The van der Waals surface area contributed by atoms with Gasteiger partial charge in [-0.05, 0) is 11.9 Å². The first kappa shape index (κ1) is 11.1. The predicted octanol–water partition coefficient (Wildman–Crippen LogP) is 1.56. The van der Waals surface area contributed by atoms with Crippen LogP contribution in [0.2, 0.25) is 0 Å². The molecule has 14 heavy (non-hydrogen) atoms. The molecule has 0 aliphatic heterocycles. The largest absolute Gasteiger partial charge is 0.464 e. The monoisotopic (exact) mass is 234 g/mol. The molecule has 1 heterocycles. The topological polar surface area (TPSA) is 78.3 Å². The predicted molar refractivity (Wildman–Crippen MR) is 56.4 cm³/mol. The third-order valence-electron chi connectivity index (χ3n) is 1.23. The minimum Gasteiger partial charge on any atom is -0.464 e. The van der Waals surface area contributed by atoms with Crippen molar-refractivity contribution in [3.8, 4) is 0 Å². The quantitative estimate of drug-likeness (QED) is 0.594. The zero-order valence-electron chi connectivity index (χ0n) is 7.51. The first-order valence-corrected chi connectivity index (χ1v) is 5.69. The van der Waals surface area contributed by atoms with Gasteiger partial charge in [-0.2, -0.15) is 0 Å². The Morgan fingerprint density at radius 2 is 2.64 bits per heavy atom. The highest BCUT2D eigenvalue weighted by Crippen LogP contribution is 2.12. The Morgan fingerprint density at radius 1 is 1.86 bits per heavy atom. The number of nitrogens with one attached hydrogen (secondary N) is 1. The van der Waals surface area contributed by atoms with E-state index in [9.17, 15) is 4.79 Å². The van der Waals surface area contributed by atoms with E-state index in [1.807, 2.05) is 6.92 Å². The minimum absolute atomic E-state index is 0.211. The summed E-state index contributed by atoms with van der Waals surface area (Å²) >= 11 is 2.57. The second-order valence-electron chi connectivity index (χ2n) is 2.16. The van der Waals surface area contributed by atoms with Gasteiger partial charge in [-0.25, -0.2) is 9.10 Å². The fourth-order valence-electron chi connectivity index (χ4n) is 0.714. The van der Waals surface area contributed by atoms with E-state index < -0.39 is 6.09 Å². The second-order valence-corrected chi connectivity index (χ2v) is 4.27. The van der Waals surface area contributed by atoms with Gasteiger partial charge in [-0.1, -0.05) is 18.3 Å². The molecule has 0 aromatic carbocycles. The molecule has 1 amide bonds. The van der Waals surface area contributed by atoms with Gasteiger partial charge < -0.3 is 10.4 Å². The van der Waals surface area contributed by atoms with Crippen LogP contribution < -0.4 is 5.32 Å². The molecule has 1 aromatic heterocycles. The van der Waals surface area contributed by atoms with E-state index in [0.717, 1.165) is 0 Å². The van der Waals surface area contributed by atoms with Crippen molar-refractivity contribution in [3.63, 3.8) is 0 Å². The van der Waals surface area contributed by atoms with Crippen LogP contribution in [0.5, 0.6) is 0 Å². The summed E-state index contributed by atoms with van der Waals surface area (Å²) < 4.78 is 1.21. The first-order valence-electron chi connectivity index (χ1n) is 3.87. The highest BCUT2D eigenvalue weighted by molar-refractivity contribution is 7.97. The minimum atomic E-state index is -0.964. The highest BCUT2D eigenvalue weighted by atomic mass is 32.2. The van der Waals surface area contributed by atoms with Gasteiger partial charge in [0.1, 0.15) is 12.2 Å². The van der Waals surface area contributed by atoms with Gasteiger partial charge >= 0.3 is 6.09 Å². The number of carboxylic acid groups (broad SMARTS) is 1. The van der Waals surface area contributed by atoms with E-state index in [4.69, 9.17) is 5.11 Å². The number of hydrogen-bond donors (Lipinski definition) is 2. The lowest BCUT2D eigenvalue weighted by Gasteiger charge is -2.16. The van der Waals surface area contributed by atoms with Crippen molar-refractivity contribution >= 4 is 34.5 Å². The summed E-state index contributed by atoms with van der Waals surface area (Å²) in [6.45, 7) is 2.11. The van der Waals surface area contributed by atoms with Crippen molar-refractivity contribution in [1.82, 2.24) is 14.5 Å². The Kier molecular flexibility index (Phi) is 4.47. The first-order chi connectivity index (χ1) is 6.74. The van der Waals surface area contributed by atoms with Crippen molar-refractivity contribution in [2.75, 3.05) is 17.7 Å². The zero-order valence-corrected chi connectivity index (χ0v) is 9.14. The van der Waals surface area contributed by atoms with Gasteiger partial charge in [-0.15, -0.1) is 10.2 Å². The number of rotatable bonds is 5. The Morgan fingerprint density at radius 3 is 3.14 bits per heavy atom. The Labute approximate surface area is 89.5 Å². The summed E-state index contributed by atoms with van der Waals surface area (Å²) in [5.41, 5.74) is 1.58. The fourth-order valence-corrected chi connectivity index (χ4v) is 1.73. The molecule has 0 atom stereocenters. The van der Waals surface area contributed by atoms with Gasteiger partial charge in [0.2, 0.25) is 5.13 Å². The molecule has 1 rings (SSSR count). The van der Waals surface area contributed by atoms with Crippen LogP contribution in [0.15, 0.2) is 5.51 Å². The van der Waals surface area contributed by atoms with Crippen LogP contribution in [-0.4, -0.2) is 38.1 Å². The van der Waals surface area contributed by atoms with Crippen LogP contribution in [0.4, 0.5) is 9.93 Å². The van der Waals surface area contributed by atoms with E-state index >= 15 is 0 Å². The maximum atomic E-state index is 10.7. The summed E-state index contributed by atoms with van der Waals surface area (Å²) in [6, 6.07) is 0. The van der Waals surface area contributed by atoms with E-state index in [2.05, 4.69) is 15.5 Å². The molecule has 8 heteroatoms. The lowest BCUT2D eigenvalue weighted by Crippen LogP contribution is -2.28. The van der Waals surface area contributed by atoms with Crippen LogP contribution >= 0.6 is 23.3 Å². The zero-order chi connectivity index (χ0) is 10.4. The van der Waals surface area contributed by atoms with Gasteiger partial charge in [0.25, 0.3) is 0 Å². The molecule has 0 fully saturated rings. The van der Waals surface area contributed by atoms with Crippen molar-refractivity contribution < 1.29 is 9.90 Å². The van der Waals surface area contributed by atoms with Crippen LogP contribution in [0.25, 0.3) is 0 Å². The number of carbonyl (C=O) groups is 1. The summed E-state index contributed by atoms with van der Waals surface area (Å²) in [6.07, 6.45) is -0.964. The Hall–Kier alpha value is -1.02. The van der Waals surface area contributed by atoms with Crippen molar-refractivity contribution in [2.24, 2.45) is 0 Å². The molecule has 2 N–H and O–H groups in total. The van der Waals surface area contributed by atoms with Gasteiger partial charge in [0.15, 0.2) is 0 Å². The smallest absolute Gasteiger partial charge is 0.419 e. The van der Waals surface area contributed by atoms with Crippen molar-refractivity contribution in [3.05, 3.63) is 5.51 Å². The van der Waals surface area contributed by atoms with Crippen LogP contribution in [0, 0.1) is 0 Å².